The first-order valence-corrected chi connectivity index (χ1v) is 11.3. The van der Waals surface area contributed by atoms with Crippen LogP contribution in [0.5, 0.6) is 0 Å². The van der Waals surface area contributed by atoms with E-state index in [0.29, 0.717) is 45.4 Å². The van der Waals surface area contributed by atoms with Crippen molar-refractivity contribution < 1.29 is 14.7 Å². The van der Waals surface area contributed by atoms with E-state index in [9.17, 15) is 14.7 Å². The summed E-state index contributed by atoms with van der Waals surface area (Å²) >= 11 is 0. The van der Waals surface area contributed by atoms with Crippen LogP contribution in [0.3, 0.4) is 0 Å². The van der Waals surface area contributed by atoms with Crippen molar-refractivity contribution in [3.63, 3.8) is 0 Å². The Balaban J connectivity index is 1.37. The molecule has 0 saturated carbocycles. The van der Waals surface area contributed by atoms with Crippen LogP contribution in [-0.4, -0.2) is 88.6 Å². The molecule has 2 aliphatic heterocycles. The summed E-state index contributed by atoms with van der Waals surface area (Å²) in [7, 11) is 1.75. The van der Waals surface area contributed by atoms with Gasteiger partial charge in [0.15, 0.2) is 0 Å². The van der Waals surface area contributed by atoms with Gasteiger partial charge in [0.05, 0.1) is 24.2 Å². The van der Waals surface area contributed by atoms with Gasteiger partial charge in [-0.25, -0.2) is 0 Å². The van der Waals surface area contributed by atoms with E-state index in [-0.39, 0.29) is 24.3 Å². The summed E-state index contributed by atoms with van der Waals surface area (Å²) in [5.41, 5.74) is 6.29. The molecule has 172 valence electrons. The molecule has 1 atom stereocenters. The first-order valence-electron chi connectivity index (χ1n) is 11.3. The zero-order valence-corrected chi connectivity index (χ0v) is 18.6. The molecule has 1 unspecified atom stereocenters. The molecule has 2 aromatic heterocycles. The Bertz CT molecular complexity index is 972. The number of likely N-dealkylation sites (tertiary alicyclic amines) is 1. The summed E-state index contributed by atoms with van der Waals surface area (Å²) in [5.74, 6) is -0.367. The van der Waals surface area contributed by atoms with Gasteiger partial charge in [-0.3, -0.25) is 24.5 Å². The summed E-state index contributed by atoms with van der Waals surface area (Å²) in [6, 6.07) is 3.84. The third-order valence-corrected chi connectivity index (χ3v) is 6.72. The van der Waals surface area contributed by atoms with Crippen LogP contribution >= 0.6 is 0 Å². The average Bonchev–Trinajstić information content (AvgIpc) is 2.78. The van der Waals surface area contributed by atoms with Gasteiger partial charge in [-0.1, -0.05) is 0 Å². The lowest BCUT2D eigenvalue weighted by Crippen LogP contribution is -2.55. The number of amides is 2. The fourth-order valence-electron chi connectivity index (χ4n) is 4.92. The van der Waals surface area contributed by atoms with Crippen LogP contribution in [0.2, 0.25) is 0 Å². The molecule has 0 spiro atoms. The van der Waals surface area contributed by atoms with Crippen LogP contribution in [0.25, 0.3) is 10.9 Å². The van der Waals surface area contributed by atoms with E-state index in [2.05, 4.69) is 19.8 Å². The van der Waals surface area contributed by atoms with Gasteiger partial charge in [-0.15, -0.1) is 0 Å². The number of carbonyl (C=O) groups is 2. The first kappa shape index (κ1) is 22.4. The molecule has 2 fully saturated rings. The third kappa shape index (κ3) is 4.99. The highest BCUT2D eigenvalue weighted by Crippen LogP contribution is 2.31. The number of hydrogen-bond donors (Lipinski definition) is 2. The Morgan fingerprint density at radius 1 is 1.25 bits per heavy atom. The van der Waals surface area contributed by atoms with E-state index in [1.807, 2.05) is 18.3 Å². The fraction of sp³-hybridized carbons (Fsp3) is 0.565. The largest absolute Gasteiger partial charge is 0.386 e. The van der Waals surface area contributed by atoms with Crippen molar-refractivity contribution in [2.45, 2.75) is 31.3 Å². The maximum absolute atomic E-state index is 12.8. The standard InChI is InChI=1S/C23H32N6O3/c1-27(21(30)14-28-11-5-17(6-12-28)22(24)31)15-23(32)7-2-10-29(16-23)20-4-9-26-19-3-8-25-13-18(19)20/h3-4,8-9,13,17,32H,2,5-7,10-12,14-16H2,1H3,(H2,24,31). The lowest BCUT2D eigenvalue weighted by molar-refractivity contribution is -0.135. The molecule has 4 heterocycles. The molecule has 0 aromatic carbocycles. The van der Waals surface area contributed by atoms with Gasteiger partial charge in [0.1, 0.15) is 0 Å². The van der Waals surface area contributed by atoms with Crippen molar-refractivity contribution in [2.75, 3.05) is 51.2 Å². The maximum Gasteiger partial charge on any atom is 0.236 e. The number of fused-ring (bicyclic) bond motifs is 1. The topological polar surface area (TPSA) is 116 Å². The van der Waals surface area contributed by atoms with Gasteiger partial charge in [0, 0.05) is 55.7 Å². The fourth-order valence-corrected chi connectivity index (χ4v) is 4.92. The summed E-state index contributed by atoms with van der Waals surface area (Å²) in [6.07, 6.45) is 8.18. The highest BCUT2D eigenvalue weighted by Gasteiger charge is 2.36. The second-order valence-corrected chi connectivity index (χ2v) is 9.17. The number of likely N-dealkylation sites (N-methyl/N-ethyl adjacent to an activating group) is 1. The molecule has 4 rings (SSSR count). The number of aromatic nitrogens is 2. The normalized spacial score (nSPS) is 22.8. The molecule has 3 N–H and O–H groups in total. The quantitative estimate of drug-likeness (QED) is 0.676. The Kier molecular flexibility index (Phi) is 6.57. The molecule has 2 saturated heterocycles. The van der Waals surface area contributed by atoms with Crippen LogP contribution < -0.4 is 10.6 Å². The number of aliphatic hydroxyl groups is 1. The molecule has 0 radical (unpaired) electrons. The Hall–Kier alpha value is -2.78. The molecule has 2 amide bonds. The van der Waals surface area contributed by atoms with Crippen LogP contribution in [0, 0.1) is 5.92 Å². The first-order chi connectivity index (χ1) is 15.3. The number of rotatable bonds is 6. The van der Waals surface area contributed by atoms with Crippen LogP contribution in [0.4, 0.5) is 5.69 Å². The number of pyridine rings is 2. The second kappa shape index (κ2) is 9.38. The van der Waals surface area contributed by atoms with Gasteiger partial charge in [-0.2, -0.15) is 0 Å². The minimum Gasteiger partial charge on any atom is -0.386 e. The summed E-state index contributed by atoms with van der Waals surface area (Å²) < 4.78 is 0. The monoisotopic (exact) mass is 440 g/mol. The number of β-amino-alcohol motifs (C(OH)–C–C–N with tert-alkyl or cyclic N) is 1. The van der Waals surface area contributed by atoms with Crippen LogP contribution in [-0.2, 0) is 9.59 Å². The third-order valence-electron chi connectivity index (χ3n) is 6.72. The SMILES string of the molecule is CN(CC1(O)CCCN(c2ccnc3ccncc23)C1)C(=O)CN1CCC(C(N)=O)CC1. The van der Waals surface area contributed by atoms with Gasteiger partial charge in [0.2, 0.25) is 11.8 Å². The molecule has 32 heavy (non-hydrogen) atoms. The average molecular weight is 441 g/mol. The van der Waals surface area contributed by atoms with Crippen molar-refractivity contribution in [3.05, 3.63) is 30.7 Å². The highest BCUT2D eigenvalue weighted by molar-refractivity contribution is 5.90. The molecule has 9 nitrogen and oxygen atoms in total. The number of primary amides is 1. The number of nitrogens with zero attached hydrogens (tertiary/aromatic N) is 5. The molecule has 0 bridgehead atoms. The zero-order valence-electron chi connectivity index (χ0n) is 18.6. The van der Waals surface area contributed by atoms with Crippen LogP contribution in [0.15, 0.2) is 30.7 Å². The number of carbonyl (C=O) groups excluding carboxylic acids is 2. The lowest BCUT2D eigenvalue weighted by atomic mass is 9.91. The predicted octanol–water partition coefficient (Wildman–Crippen LogP) is 0.617. The minimum absolute atomic E-state index is 0.0216. The maximum atomic E-state index is 12.8. The second-order valence-electron chi connectivity index (χ2n) is 9.17. The van der Waals surface area contributed by atoms with Crippen molar-refractivity contribution in [2.24, 2.45) is 11.7 Å². The van der Waals surface area contributed by atoms with Gasteiger partial charge in [-0.05, 0) is 50.9 Å². The molecular formula is C23H32N6O3. The summed E-state index contributed by atoms with van der Waals surface area (Å²) in [6.45, 7) is 3.23. The van der Waals surface area contributed by atoms with Gasteiger partial charge >= 0.3 is 0 Å². The van der Waals surface area contributed by atoms with E-state index in [4.69, 9.17) is 5.73 Å². The van der Waals surface area contributed by atoms with Crippen LogP contribution in [0.1, 0.15) is 25.7 Å². The molecule has 2 aliphatic rings. The van der Waals surface area contributed by atoms with Crippen molar-refractivity contribution in [3.8, 4) is 0 Å². The van der Waals surface area contributed by atoms with Crippen molar-refractivity contribution in [1.82, 2.24) is 19.8 Å². The van der Waals surface area contributed by atoms with Gasteiger partial charge in [0.25, 0.3) is 0 Å². The van der Waals surface area contributed by atoms with Gasteiger partial charge < -0.3 is 20.6 Å². The highest BCUT2D eigenvalue weighted by atomic mass is 16.3. The Morgan fingerprint density at radius 3 is 2.78 bits per heavy atom. The Morgan fingerprint density at radius 2 is 2.03 bits per heavy atom. The summed E-state index contributed by atoms with van der Waals surface area (Å²) in [5, 5.41) is 12.3. The molecular weight excluding hydrogens is 408 g/mol. The number of piperidine rings is 2. The summed E-state index contributed by atoms with van der Waals surface area (Å²) in [4.78, 5) is 38.7. The number of anilines is 1. The lowest BCUT2D eigenvalue weighted by Gasteiger charge is -2.42. The molecule has 0 aliphatic carbocycles. The smallest absolute Gasteiger partial charge is 0.236 e. The van der Waals surface area contributed by atoms with Crippen molar-refractivity contribution in [1.29, 1.82) is 0 Å². The molecule has 2 aromatic rings. The van der Waals surface area contributed by atoms with Crippen molar-refractivity contribution >= 4 is 28.4 Å². The van der Waals surface area contributed by atoms with E-state index in [1.165, 1.54) is 0 Å². The zero-order chi connectivity index (χ0) is 22.7. The van der Waals surface area contributed by atoms with E-state index in [1.54, 1.807) is 24.3 Å². The minimum atomic E-state index is -0.987. The van der Waals surface area contributed by atoms with E-state index in [0.717, 1.165) is 29.6 Å². The number of hydrogen-bond acceptors (Lipinski definition) is 7. The number of nitrogens with two attached hydrogens (primary N) is 1. The predicted molar refractivity (Wildman–Crippen MR) is 122 cm³/mol. The van der Waals surface area contributed by atoms with E-state index < -0.39 is 5.60 Å². The molecule has 9 heteroatoms. The van der Waals surface area contributed by atoms with E-state index >= 15 is 0 Å². The Labute approximate surface area is 188 Å².